The summed E-state index contributed by atoms with van der Waals surface area (Å²) in [6.07, 6.45) is 0. The number of nitrogens with zero attached hydrogens (tertiary/aromatic N) is 1. The van der Waals surface area contributed by atoms with Crippen LogP contribution in [0.1, 0.15) is 11.6 Å². The van der Waals surface area contributed by atoms with Crippen molar-refractivity contribution in [2.24, 2.45) is 0 Å². The fourth-order valence-corrected chi connectivity index (χ4v) is 1.23. The van der Waals surface area contributed by atoms with Gasteiger partial charge in [0.1, 0.15) is 11.8 Å². The molecule has 1 aromatic rings. The molecule has 0 aliphatic rings. The molecule has 0 spiro atoms. The lowest BCUT2D eigenvalue weighted by atomic mass is 10.1. The van der Waals surface area contributed by atoms with Crippen molar-refractivity contribution in [2.45, 2.75) is 6.04 Å². The van der Waals surface area contributed by atoms with E-state index in [9.17, 15) is 5.11 Å². The maximum atomic E-state index is 9.42. The molecule has 1 atom stereocenters. The van der Waals surface area contributed by atoms with Crippen molar-refractivity contribution < 1.29 is 5.11 Å². The topological polar surface area (TPSA) is 56.0 Å². The number of nitriles is 1. The molecule has 0 aliphatic heterocycles. The van der Waals surface area contributed by atoms with Gasteiger partial charge in [-0.15, -0.1) is 0 Å². The molecule has 3 nitrogen and oxygen atoms in total. The molecule has 0 heterocycles. The van der Waals surface area contributed by atoms with Crippen molar-refractivity contribution in [1.29, 1.82) is 5.26 Å². The van der Waals surface area contributed by atoms with Gasteiger partial charge < -0.3 is 10.4 Å². The maximum absolute atomic E-state index is 9.42. The van der Waals surface area contributed by atoms with Crippen LogP contribution < -0.4 is 5.32 Å². The van der Waals surface area contributed by atoms with Gasteiger partial charge >= 0.3 is 0 Å². The molecule has 1 aromatic carbocycles. The lowest BCUT2D eigenvalue weighted by molar-refractivity contribution is 0.462. The fourth-order valence-electron chi connectivity index (χ4n) is 1.05. The highest BCUT2D eigenvalue weighted by atomic mass is 35.5. The van der Waals surface area contributed by atoms with E-state index >= 15 is 0 Å². The Morgan fingerprint density at radius 1 is 1.62 bits per heavy atom. The summed E-state index contributed by atoms with van der Waals surface area (Å²) in [6, 6.07) is 6.09. The van der Waals surface area contributed by atoms with E-state index in [1.165, 1.54) is 6.07 Å². The molecule has 0 fully saturated rings. The van der Waals surface area contributed by atoms with Crippen molar-refractivity contribution in [3.05, 3.63) is 28.8 Å². The number of hydrogen-bond acceptors (Lipinski definition) is 3. The molecule has 0 radical (unpaired) electrons. The monoisotopic (exact) mass is 196 g/mol. The summed E-state index contributed by atoms with van der Waals surface area (Å²) in [5.41, 5.74) is 0.498. The highest BCUT2D eigenvalue weighted by molar-refractivity contribution is 6.30. The zero-order valence-corrected chi connectivity index (χ0v) is 7.84. The Hall–Kier alpha value is -1.24. The zero-order valence-electron chi connectivity index (χ0n) is 7.08. The lowest BCUT2D eigenvalue weighted by Gasteiger charge is -2.09. The van der Waals surface area contributed by atoms with E-state index in [0.29, 0.717) is 10.6 Å². The molecule has 0 aromatic heterocycles. The normalized spacial score (nSPS) is 12.1. The summed E-state index contributed by atoms with van der Waals surface area (Å²) in [5, 5.41) is 21.4. The van der Waals surface area contributed by atoms with Crippen LogP contribution in [0.25, 0.3) is 0 Å². The summed E-state index contributed by atoms with van der Waals surface area (Å²) < 4.78 is 0. The van der Waals surface area contributed by atoms with E-state index in [0.717, 1.165) is 0 Å². The van der Waals surface area contributed by atoms with Crippen LogP contribution >= 0.6 is 11.6 Å². The number of halogens is 1. The number of rotatable bonds is 2. The molecular weight excluding hydrogens is 188 g/mol. The smallest absolute Gasteiger partial charge is 0.124 e. The minimum atomic E-state index is -0.529. The van der Waals surface area contributed by atoms with Gasteiger partial charge in [-0.1, -0.05) is 11.6 Å². The first kappa shape index (κ1) is 9.85. The maximum Gasteiger partial charge on any atom is 0.124 e. The zero-order chi connectivity index (χ0) is 9.84. The summed E-state index contributed by atoms with van der Waals surface area (Å²) in [4.78, 5) is 0. The number of nitrogens with one attached hydrogen (secondary N) is 1. The van der Waals surface area contributed by atoms with Gasteiger partial charge in [0.15, 0.2) is 0 Å². The highest BCUT2D eigenvalue weighted by Gasteiger charge is 2.12. The SMILES string of the molecule is CNC(C#N)c1cc(Cl)ccc1O. The Kier molecular flexibility index (Phi) is 3.13. The van der Waals surface area contributed by atoms with Crippen LogP contribution in [0.4, 0.5) is 0 Å². The molecule has 13 heavy (non-hydrogen) atoms. The van der Waals surface area contributed by atoms with Crippen LogP contribution in [0, 0.1) is 11.3 Å². The minimum Gasteiger partial charge on any atom is -0.508 e. The second-order valence-electron chi connectivity index (χ2n) is 2.55. The molecule has 0 saturated heterocycles. The Labute approximate surface area is 81.6 Å². The van der Waals surface area contributed by atoms with E-state index in [1.54, 1.807) is 19.2 Å². The first-order chi connectivity index (χ1) is 6.19. The Morgan fingerprint density at radius 3 is 2.85 bits per heavy atom. The van der Waals surface area contributed by atoms with Crippen molar-refractivity contribution in [3.63, 3.8) is 0 Å². The van der Waals surface area contributed by atoms with Crippen molar-refractivity contribution >= 4 is 11.6 Å². The Morgan fingerprint density at radius 2 is 2.31 bits per heavy atom. The van der Waals surface area contributed by atoms with E-state index in [1.807, 2.05) is 6.07 Å². The third-order valence-electron chi connectivity index (χ3n) is 1.72. The largest absolute Gasteiger partial charge is 0.508 e. The van der Waals surface area contributed by atoms with Crippen LogP contribution in [0.5, 0.6) is 5.75 Å². The quantitative estimate of drug-likeness (QED) is 0.759. The summed E-state index contributed by atoms with van der Waals surface area (Å²) >= 11 is 5.73. The molecule has 0 saturated carbocycles. The van der Waals surface area contributed by atoms with E-state index in [4.69, 9.17) is 16.9 Å². The summed E-state index contributed by atoms with van der Waals surface area (Å²) in [5.74, 6) is 0.0744. The molecule has 0 aliphatic carbocycles. The third kappa shape index (κ3) is 2.11. The Bertz CT molecular complexity index is 346. The minimum absolute atomic E-state index is 0.0744. The van der Waals surface area contributed by atoms with E-state index < -0.39 is 6.04 Å². The van der Waals surface area contributed by atoms with E-state index in [2.05, 4.69) is 5.32 Å². The third-order valence-corrected chi connectivity index (χ3v) is 1.95. The molecule has 2 N–H and O–H groups in total. The van der Waals surface area contributed by atoms with Crippen molar-refractivity contribution in [3.8, 4) is 11.8 Å². The van der Waals surface area contributed by atoms with Gasteiger partial charge in [0.05, 0.1) is 6.07 Å². The lowest BCUT2D eigenvalue weighted by Crippen LogP contribution is -2.14. The van der Waals surface area contributed by atoms with Crippen LogP contribution in [0.2, 0.25) is 5.02 Å². The number of phenolic OH excluding ortho intramolecular Hbond substituents is 1. The van der Waals surface area contributed by atoms with Crippen molar-refractivity contribution in [2.75, 3.05) is 7.05 Å². The number of aromatic hydroxyl groups is 1. The van der Waals surface area contributed by atoms with Crippen molar-refractivity contribution in [1.82, 2.24) is 5.32 Å². The van der Waals surface area contributed by atoms with Gasteiger partial charge in [-0.25, -0.2) is 0 Å². The van der Waals surface area contributed by atoms with Gasteiger partial charge in [-0.05, 0) is 25.2 Å². The molecule has 1 unspecified atom stereocenters. The first-order valence-electron chi connectivity index (χ1n) is 3.74. The number of benzene rings is 1. The molecule has 68 valence electrons. The van der Waals surface area contributed by atoms with Crippen LogP contribution in [-0.4, -0.2) is 12.2 Å². The average Bonchev–Trinajstić information content (AvgIpc) is 2.13. The second-order valence-corrected chi connectivity index (χ2v) is 2.99. The molecular formula is C9H9ClN2O. The molecule has 0 amide bonds. The summed E-state index contributed by atoms with van der Waals surface area (Å²) in [6.45, 7) is 0. The molecule has 1 rings (SSSR count). The van der Waals surface area contributed by atoms with Crippen LogP contribution in [0.15, 0.2) is 18.2 Å². The molecule has 0 bridgehead atoms. The summed E-state index contributed by atoms with van der Waals surface area (Å²) in [7, 11) is 1.65. The second kappa shape index (κ2) is 4.13. The number of hydrogen-bond donors (Lipinski definition) is 2. The van der Waals surface area contributed by atoms with Gasteiger partial charge in [-0.3, -0.25) is 0 Å². The predicted molar refractivity (Wildman–Crippen MR) is 50.5 cm³/mol. The standard InChI is InChI=1S/C9H9ClN2O/c1-12-8(5-11)7-4-6(10)2-3-9(7)13/h2-4,8,12-13H,1H3. The van der Waals surface area contributed by atoms with Gasteiger partial charge in [0, 0.05) is 10.6 Å². The van der Waals surface area contributed by atoms with Gasteiger partial charge in [0.25, 0.3) is 0 Å². The molecule has 4 heteroatoms. The number of phenols is 1. The predicted octanol–water partition coefficient (Wildman–Crippen LogP) is 1.83. The fraction of sp³-hybridized carbons (Fsp3) is 0.222. The van der Waals surface area contributed by atoms with Crippen LogP contribution in [0.3, 0.4) is 0 Å². The highest BCUT2D eigenvalue weighted by Crippen LogP contribution is 2.26. The van der Waals surface area contributed by atoms with Gasteiger partial charge in [0.2, 0.25) is 0 Å². The average molecular weight is 197 g/mol. The van der Waals surface area contributed by atoms with Gasteiger partial charge in [-0.2, -0.15) is 5.26 Å². The first-order valence-corrected chi connectivity index (χ1v) is 4.12. The van der Waals surface area contributed by atoms with Crippen LogP contribution in [-0.2, 0) is 0 Å². The van der Waals surface area contributed by atoms with E-state index in [-0.39, 0.29) is 5.75 Å². The Balaban J connectivity index is 3.13.